The van der Waals surface area contributed by atoms with Gasteiger partial charge in [-0.05, 0) is 6.42 Å². The quantitative estimate of drug-likeness (QED) is 0.640. The van der Waals surface area contributed by atoms with Gasteiger partial charge in [-0.15, -0.1) is 0 Å². The normalized spacial score (nSPS) is 22.7. The Kier molecular flexibility index (Phi) is 6.67. The van der Waals surface area contributed by atoms with Crippen molar-refractivity contribution in [3.8, 4) is 0 Å². The van der Waals surface area contributed by atoms with Crippen LogP contribution >= 0.6 is 11.8 Å². The van der Waals surface area contributed by atoms with E-state index in [0.717, 1.165) is 0 Å². The van der Waals surface area contributed by atoms with Crippen molar-refractivity contribution in [2.24, 2.45) is 11.8 Å². The summed E-state index contributed by atoms with van der Waals surface area (Å²) in [6, 6.07) is -0.760. The average Bonchev–Trinajstić information content (AvgIpc) is 2.78. The Morgan fingerprint density at radius 1 is 1.48 bits per heavy atom. The van der Waals surface area contributed by atoms with Crippen LogP contribution in [0.3, 0.4) is 0 Å². The molecule has 21 heavy (non-hydrogen) atoms. The van der Waals surface area contributed by atoms with Crippen LogP contribution in [0.15, 0.2) is 0 Å². The zero-order chi connectivity index (χ0) is 16.0. The molecule has 1 aliphatic rings. The Balaban J connectivity index is 2.43. The zero-order valence-corrected chi connectivity index (χ0v) is 12.8. The summed E-state index contributed by atoms with van der Waals surface area (Å²) in [5.74, 6) is -2.05. The van der Waals surface area contributed by atoms with E-state index in [0.29, 0.717) is 12.2 Å². The largest absolute Gasteiger partial charge is 0.481 e. The number of hydrogen-bond acceptors (Lipinski definition) is 6. The lowest BCUT2D eigenvalue weighted by Gasteiger charge is -2.16. The Morgan fingerprint density at radius 3 is 2.62 bits per heavy atom. The van der Waals surface area contributed by atoms with E-state index in [1.54, 1.807) is 0 Å². The van der Waals surface area contributed by atoms with E-state index in [2.05, 4.69) is 10.1 Å². The monoisotopic (exact) mass is 317 g/mol. The summed E-state index contributed by atoms with van der Waals surface area (Å²) in [6.07, 6.45) is 0.414. The van der Waals surface area contributed by atoms with Gasteiger partial charge < -0.3 is 15.2 Å². The number of amides is 1. The van der Waals surface area contributed by atoms with Crippen molar-refractivity contribution in [1.82, 2.24) is 5.32 Å². The summed E-state index contributed by atoms with van der Waals surface area (Å²) in [4.78, 5) is 45.1. The van der Waals surface area contributed by atoms with Crippen LogP contribution < -0.4 is 5.32 Å². The minimum atomic E-state index is -0.943. The van der Waals surface area contributed by atoms with E-state index in [1.165, 1.54) is 25.8 Å². The molecule has 0 radical (unpaired) electrons. The second-order valence-corrected chi connectivity index (χ2v) is 6.03. The lowest BCUT2D eigenvalue weighted by atomic mass is 10.1. The van der Waals surface area contributed by atoms with Gasteiger partial charge in [-0.1, -0.05) is 0 Å². The first-order chi connectivity index (χ1) is 9.85. The van der Waals surface area contributed by atoms with Crippen molar-refractivity contribution in [3.05, 3.63) is 0 Å². The third kappa shape index (κ3) is 5.37. The average molecular weight is 317 g/mol. The molecule has 0 aromatic carbocycles. The van der Waals surface area contributed by atoms with Crippen molar-refractivity contribution >= 4 is 35.4 Å². The molecule has 2 N–H and O–H groups in total. The van der Waals surface area contributed by atoms with Gasteiger partial charge in [0.2, 0.25) is 5.91 Å². The second-order valence-electron chi connectivity index (χ2n) is 4.95. The molecule has 0 saturated heterocycles. The summed E-state index contributed by atoms with van der Waals surface area (Å²) in [5.41, 5.74) is 0. The number of aliphatic carboxylic acids is 1. The van der Waals surface area contributed by atoms with Crippen LogP contribution in [0, 0.1) is 11.8 Å². The number of thioether (sulfide) groups is 1. The Labute approximate surface area is 126 Å². The molecule has 1 fully saturated rings. The maximum absolute atomic E-state index is 11.7. The van der Waals surface area contributed by atoms with Crippen molar-refractivity contribution in [3.63, 3.8) is 0 Å². The fraction of sp³-hybridized carbons (Fsp3) is 0.692. The number of Topliss-reactive ketones (excluding diaryl/α,β-unsaturated/α-hetero) is 1. The summed E-state index contributed by atoms with van der Waals surface area (Å²) in [5, 5.41) is 11.4. The van der Waals surface area contributed by atoms with E-state index in [1.807, 2.05) is 0 Å². The first-order valence-electron chi connectivity index (χ1n) is 6.53. The predicted molar refractivity (Wildman–Crippen MR) is 75.8 cm³/mol. The molecule has 0 aliphatic heterocycles. The van der Waals surface area contributed by atoms with Crippen LogP contribution in [0.5, 0.6) is 0 Å². The molecule has 0 spiro atoms. The van der Waals surface area contributed by atoms with E-state index < -0.39 is 23.9 Å². The first-order valence-corrected chi connectivity index (χ1v) is 7.68. The van der Waals surface area contributed by atoms with Crippen molar-refractivity contribution in [1.29, 1.82) is 0 Å². The lowest BCUT2D eigenvalue weighted by molar-refractivity contribution is -0.144. The number of carboxylic acid groups (broad SMARTS) is 1. The number of esters is 1. The van der Waals surface area contributed by atoms with E-state index in [4.69, 9.17) is 5.11 Å². The van der Waals surface area contributed by atoms with Crippen LogP contribution in [0.25, 0.3) is 0 Å². The number of rotatable bonds is 7. The standard InChI is InChI=1S/C13H19NO6S/c1-7(15)14-10(13(19)20-2)6-21-5-9-3-8(12(17)18)4-11(9)16/h8-10H,3-6H2,1-2H3,(H,14,15)(H,17,18)/t8?,9?,10-/m0/s1. The van der Waals surface area contributed by atoms with Crippen molar-refractivity contribution in [2.45, 2.75) is 25.8 Å². The number of ketones is 1. The van der Waals surface area contributed by atoms with Crippen molar-refractivity contribution < 1.29 is 29.0 Å². The van der Waals surface area contributed by atoms with E-state index >= 15 is 0 Å². The number of methoxy groups -OCH3 is 1. The number of carbonyl (C=O) groups excluding carboxylic acids is 3. The maximum atomic E-state index is 11.7. The number of ether oxygens (including phenoxy) is 1. The smallest absolute Gasteiger partial charge is 0.329 e. The topological polar surface area (TPSA) is 110 Å². The molecule has 1 saturated carbocycles. The summed E-state index contributed by atoms with van der Waals surface area (Å²) in [7, 11) is 1.24. The highest BCUT2D eigenvalue weighted by Crippen LogP contribution is 2.30. The molecule has 8 heteroatoms. The fourth-order valence-corrected chi connectivity index (χ4v) is 3.40. The molecule has 0 heterocycles. The molecule has 0 bridgehead atoms. The van der Waals surface area contributed by atoms with Crippen LogP contribution in [-0.4, -0.2) is 53.4 Å². The molecule has 0 aromatic heterocycles. The van der Waals surface area contributed by atoms with Gasteiger partial charge in [0.05, 0.1) is 13.0 Å². The Bertz CT molecular complexity index is 438. The SMILES string of the molecule is COC(=O)[C@H](CSCC1CC(C(=O)O)CC1=O)NC(C)=O. The summed E-state index contributed by atoms with van der Waals surface area (Å²) >= 11 is 1.33. The molecule has 1 amide bonds. The molecule has 0 aromatic rings. The van der Waals surface area contributed by atoms with Crippen molar-refractivity contribution in [2.75, 3.05) is 18.6 Å². The van der Waals surface area contributed by atoms with E-state index in [-0.39, 0.29) is 29.8 Å². The van der Waals surface area contributed by atoms with Gasteiger partial charge in [-0.2, -0.15) is 11.8 Å². The van der Waals surface area contributed by atoms with Gasteiger partial charge in [0.1, 0.15) is 11.8 Å². The molecule has 1 rings (SSSR count). The van der Waals surface area contributed by atoms with Gasteiger partial charge >= 0.3 is 11.9 Å². The highest BCUT2D eigenvalue weighted by Gasteiger charge is 2.36. The lowest BCUT2D eigenvalue weighted by Crippen LogP contribution is -2.42. The minimum absolute atomic E-state index is 0.0518. The molecular weight excluding hydrogens is 298 g/mol. The molecule has 118 valence electrons. The highest BCUT2D eigenvalue weighted by molar-refractivity contribution is 7.99. The van der Waals surface area contributed by atoms with Gasteiger partial charge in [0.15, 0.2) is 0 Å². The Hall–Kier alpha value is -1.57. The third-order valence-electron chi connectivity index (χ3n) is 3.29. The number of carboxylic acids is 1. The van der Waals surface area contributed by atoms with Crippen LogP contribution in [0.4, 0.5) is 0 Å². The second kappa shape index (κ2) is 8.02. The van der Waals surface area contributed by atoms with Gasteiger partial charge in [0, 0.05) is 30.8 Å². The molecular formula is C13H19NO6S. The van der Waals surface area contributed by atoms with Gasteiger partial charge in [-0.25, -0.2) is 4.79 Å². The molecule has 1 aliphatic carbocycles. The number of hydrogen-bond donors (Lipinski definition) is 2. The van der Waals surface area contributed by atoms with Gasteiger partial charge in [0.25, 0.3) is 0 Å². The highest BCUT2D eigenvalue weighted by atomic mass is 32.2. The van der Waals surface area contributed by atoms with Crippen LogP contribution in [0.2, 0.25) is 0 Å². The number of nitrogens with one attached hydrogen (secondary N) is 1. The van der Waals surface area contributed by atoms with E-state index in [9.17, 15) is 19.2 Å². The predicted octanol–water partition coefficient (Wildman–Crippen LogP) is 0.0772. The molecule has 2 unspecified atom stereocenters. The third-order valence-corrected chi connectivity index (χ3v) is 4.50. The Morgan fingerprint density at radius 2 is 2.14 bits per heavy atom. The number of carbonyl (C=O) groups is 4. The van der Waals surface area contributed by atoms with Gasteiger partial charge in [-0.3, -0.25) is 14.4 Å². The van der Waals surface area contributed by atoms with Crippen LogP contribution in [-0.2, 0) is 23.9 Å². The minimum Gasteiger partial charge on any atom is -0.481 e. The molecule has 7 nitrogen and oxygen atoms in total. The maximum Gasteiger partial charge on any atom is 0.329 e. The zero-order valence-electron chi connectivity index (χ0n) is 12.0. The van der Waals surface area contributed by atoms with Crippen LogP contribution in [0.1, 0.15) is 19.8 Å². The fourth-order valence-electron chi connectivity index (χ4n) is 2.20. The first kappa shape index (κ1) is 17.5. The summed E-state index contributed by atoms with van der Waals surface area (Å²) in [6.45, 7) is 1.30. The summed E-state index contributed by atoms with van der Waals surface area (Å²) < 4.78 is 4.59. The molecule has 3 atom stereocenters.